The van der Waals surface area contributed by atoms with Crippen molar-refractivity contribution in [2.75, 3.05) is 0 Å². The summed E-state index contributed by atoms with van der Waals surface area (Å²) in [6, 6.07) is -0.394. The van der Waals surface area contributed by atoms with Crippen LogP contribution < -0.4 is 11.1 Å². The highest BCUT2D eigenvalue weighted by molar-refractivity contribution is 5.81. The van der Waals surface area contributed by atoms with Gasteiger partial charge in [0, 0.05) is 18.9 Å². The van der Waals surface area contributed by atoms with Gasteiger partial charge in [0.1, 0.15) is 0 Å². The molecule has 1 unspecified atom stereocenters. The van der Waals surface area contributed by atoms with Crippen LogP contribution in [0.4, 0.5) is 0 Å². The lowest BCUT2D eigenvalue weighted by Crippen LogP contribution is -2.51. The topological polar surface area (TPSA) is 72.9 Å². The molecule has 0 aromatic carbocycles. The lowest BCUT2D eigenvalue weighted by Gasteiger charge is -2.32. The van der Waals surface area contributed by atoms with E-state index in [0.29, 0.717) is 13.0 Å². The van der Waals surface area contributed by atoms with Crippen molar-refractivity contribution in [2.24, 2.45) is 11.1 Å². The van der Waals surface area contributed by atoms with Crippen LogP contribution in [-0.4, -0.2) is 27.5 Å². The zero-order chi connectivity index (χ0) is 14.5. The van der Waals surface area contributed by atoms with Gasteiger partial charge in [0.15, 0.2) is 0 Å². The van der Waals surface area contributed by atoms with E-state index in [1.54, 1.807) is 12.5 Å². The van der Waals surface area contributed by atoms with E-state index in [4.69, 9.17) is 5.73 Å². The molecule has 1 amide bonds. The molecular weight excluding hydrogens is 240 g/mol. The van der Waals surface area contributed by atoms with Crippen molar-refractivity contribution in [1.29, 1.82) is 0 Å². The van der Waals surface area contributed by atoms with Crippen LogP contribution in [0.1, 0.15) is 40.5 Å². The molecule has 0 aliphatic rings. The maximum absolute atomic E-state index is 12.1. The summed E-state index contributed by atoms with van der Waals surface area (Å²) in [5.74, 6) is -0.0677. The van der Waals surface area contributed by atoms with E-state index in [-0.39, 0.29) is 17.4 Å². The number of nitrogens with two attached hydrogens (primary N) is 1. The molecule has 1 aromatic heterocycles. The summed E-state index contributed by atoms with van der Waals surface area (Å²) in [4.78, 5) is 16.1. The van der Waals surface area contributed by atoms with E-state index in [1.165, 1.54) is 0 Å². The quantitative estimate of drug-likeness (QED) is 0.820. The Balaban J connectivity index is 2.68. The van der Waals surface area contributed by atoms with Gasteiger partial charge in [-0.05, 0) is 11.8 Å². The Labute approximate surface area is 115 Å². The Morgan fingerprint density at radius 3 is 2.63 bits per heavy atom. The first-order valence-electron chi connectivity index (χ1n) is 6.86. The van der Waals surface area contributed by atoms with E-state index in [0.717, 1.165) is 6.42 Å². The van der Waals surface area contributed by atoms with Crippen molar-refractivity contribution < 1.29 is 4.79 Å². The van der Waals surface area contributed by atoms with Gasteiger partial charge in [0.2, 0.25) is 5.91 Å². The Morgan fingerprint density at radius 1 is 1.47 bits per heavy atom. The molecule has 0 bridgehead atoms. The first-order chi connectivity index (χ1) is 8.84. The van der Waals surface area contributed by atoms with Crippen molar-refractivity contribution in [3.63, 3.8) is 0 Å². The Bertz CT molecular complexity index is 381. The molecule has 0 spiro atoms. The highest BCUT2D eigenvalue weighted by atomic mass is 16.2. The summed E-state index contributed by atoms with van der Waals surface area (Å²) in [7, 11) is 0. The molecule has 1 heterocycles. The van der Waals surface area contributed by atoms with Gasteiger partial charge < -0.3 is 15.6 Å². The third-order valence-corrected chi connectivity index (χ3v) is 3.25. The van der Waals surface area contributed by atoms with E-state index >= 15 is 0 Å². The standard InChI is InChI=1S/C14H26N4O/c1-5-6-11(15)13(19)17-12(14(2,3)4)9-18-8-7-16-10-18/h7-8,10-12H,5-6,9,15H2,1-4H3,(H,17,19)/t11-,12?/m0/s1. The SMILES string of the molecule is CCC[C@H](N)C(=O)NC(Cn1ccnc1)C(C)(C)C. The number of aromatic nitrogens is 2. The summed E-state index contributed by atoms with van der Waals surface area (Å²) in [6.07, 6.45) is 7.03. The fourth-order valence-corrected chi connectivity index (χ4v) is 1.86. The molecule has 1 aromatic rings. The zero-order valence-electron chi connectivity index (χ0n) is 12.4. The smallest absolute Gasteiger partial charge is 0.237 e. The molecular formula is C14H26N4O. The second kappa shape index (κ2) is 6.70. The second-order valence-corrected chi connectivity index (χ2v) is 6.08. The molecule has 0 aliphatic carbocycles. The van der Waals surface area contributed by atoms with Gasteiger partial charge in [-0.25, -0.2) is 4.98 Å². The van der Waals surface area contributed by atoms with Crippen LogP contribution in [0.5, 0.6) is 0 Å². The van der Waals surface area contributed by atoms with Crippen molar-refractivity contribution in [1.82, 2.24) is 14.9 Å². The molecule has 5 nitrogen and oxygen atoms in total. The van der Waals surface area contributed by atoms with Gasteiger partial charge in [0.25, 0.3) is 0 Å². The van der Waals surface area contributed by atoms with Crippen LogP contribution >= 0.6 is 0 Å². The van der Waals surface area contributed by atoms with Crippen molar-refractivity contribution >= 4 is 5.91 Å². The van der Waals surface area contributed by atoms with Crippen LogP contribution in [0.25, 0.3) is 0 Å². The number of rotatable bonds is 6. The maximum atomic E-state index is 12.1. The summed E-state index contributed by atoms with van der Waals surface area (Å²) in [5.41, 5.74) is 5.83. The molecule has 0 fully saturated rings. The monoisotopic (exact) mass is 266 g/mol. The fourth-order valence-electron chi connectivity index (χ4n) is 1.86. The van der Waals surface area contributed by atoms with Crippen molar-refractivity contribution in [2.45, 2.75) is 59.2 Å². The first-order valence-corrected chi connectivity index (χ1v) is 6.86. The number of carbonyl (C=O) groups excluding carboxylic acids is 1. The summed E-state index contributed by atoms with van der Waals surface area (Å²) in [5, 5.41) is 3.07. The number of nitrogens with one attached hydrogen (secondary N) is 1. The number of hydrogen-bond donors (Lipinski definition) is 2. The van der Waals surface area contributed by atoms with Gasteiger partial charge in [-0.15, -0.1) is 0 Å². The molecule has 3 N–H and O–H groups in total. The average molecular weight is 266 g/mol. The number of amides is 1. The van der Waals surface area contributed by atoms with Gasteiger partial charge in [-0.3, -0.25) is 4.79 Å². The van der Waals surface area contributed by atoms with Crippen LogP contribution in [-0.2, 0) is 11.3 Å². The molecule has 5 heteroatoms. The molecule has 0 aliphatic heterocycles. The van der Waals surface area contributed by atoms with Crippen LogP contribution in [0, 0.1) is 5.41 Å². The van der Waals surface area contributed by atoms with E-state index < -0.39 is 6.04 Å². The number of imidazole rings is 1. The molecule has 2 atom stereocenters. The molecule has 1 rings (SSSR count). The Morgan fingerprint density at radius 2 is 2.16 bits per heavy atom. The normalized spacial score (nSPS) is 15.0. The maximum Gasteiger partial charge on any atom is 0.237 e. The highest BCUT2D eigenvalue weighted by Crippen LogP contribution is 2.21. The molecule has 108 valence electrons. The lowest BCUT2D eigenvalue weighted by molar-refractivity contribution is -0.124. The summed E-state index contributed by atoms with van der Waals surface area (Å²) >= 11 is 0. The minimum atomic E-state index is -0.419. The number of carbonyl (C=O) groups is 1. The molecule has 0 radical (unpaired) electrons. The Hall–Kier alpha value is -1.36. The summed E-state index contributed by atoms with van der Waals surface area (Å²) in [6.45, 7) is 9.06. The van der Waals surface area contributed by atoms with Gasteiger partial charge in [-0.2, -0.15) is 0 Å². The third-order valence-electron chi connectivity index (χ3n) is 3.25. The first kappa shape index (κ1) is 15.7. The van der Waals surface area contributed by atoms with Gasteiger partial charge >= 0.3 is 0 Å². The van der Waals surface area contributed by atoms with Crippen molar-refractivity contribution in [3.05, 3.63) is 18.7 Å². The average Bonchev–Trinajstić information content (AvgIpc) is 2.80. The zero-order valence-corrected chi connectivity index (χ0v) is 12.4. The Kier molecular flexibility index (Phi) is 5.54. The van der Waals surface area contributed by atoms with Crippen LogP contribution in [0.3, 0.4) is 0 Å². The number of nitrogens with zero attached hydrogens (tertiary/aromatic N) is 2. The van der Waals surface area contributed by atoms with E-state index in [9.17, 15) is 4.79 Å². The van der Waals surface area contributed by atoms with Crippen molar-refractivity contribution in [3.8, 4) is 0 Å². The van der Waals surface area contributed by atoms with E-state index in [2.05, 4.69) is 31.1 Å². The van der Waals surface area contributed by atoms with Crippen LogP contribution in [0.15, 0.2) is 18.7 Å². The third kappa shape index (κ3) is 5.03. The lowest BCUT2D eigenvalue weighted by atomic mass is 9.86. The molecule has 19 heavy (non-hydrogen) atoms. The minimum Gasteiger partial charge on any atom is -0.350 e. The predicted molar refractivity (Wildman–Crippen MR) is 76.5 cm³/mol. The van der Waals surface area contributed by atoms with Crippen LogP contribution in [0.2, 0.25) is 0 Å². The summed E-state index contributed by atoms with van der Waals surface area (Å²) < 4.78 is 1.97. The van der Waals surface area contributed by atoms with E-state index in [1.807, 2.05) is 17.7 Å². The number of hydrogen-bond acceptors (Lipinski definition) is 3. The molecule has 0 saturated carbocycles. The largest absolute Gasteiger partial charge is 0.350 e. The van der Waals surface area contributed by atoms with Gasteiger partial charge in [0.05, 0.1) is 18.4 Å². The molecule has 0 saturated heterocycles. The minimum absolute atomic E-state index is 0.0251. The second-order valence-electron chi connectivity index (χ2n) is 6.08. The fraction of sp³-hybridized carbons (Fsp3) is 0.714. The highest BCUT2D eigenvalue weighted by Gasteiger charge is 2.28. The predicted octanol–water partition coefficient (Wildman–Crippen LogP) is 1.54. The van der Waals surface area contributed by atoms with Gasteiger partial charge in [-0.1, -0.05) is 34.1 Å².